The smallest absolute Gasteiger partial charge is 0.140 e. The molecule has 0 heterocycles. The molecule has 5 N–H and O–H groups in total. The first-order valence-electron chi connectivity index (χ1n) is 2.54. The Balaban J connectivity index is 0.000000810. The minimum Gasteiger partial charge on any atom is -0.506 e. The van der Waals surface area contributed by atoms with Crippen molar-refractivity contribution in [1.29, 1.82) is 0 Å². The quantitative estimate of drug-likeness (QED) is 0.278. The van der Waals surface area contributed by atoms with Crippen LogP contribution >= 0.6 is 0 Å². The van der Waals surface area contributed by atoms with Gasteiger partial charge in [0.15, 0.2) is 0 Å². The molecule has 0 unspecified atom stereocenters. The number of hydrogen-bond acceptors (Lipinski definition) is 3. The van der Waals surface area contributed by atoms with Crippen LogP contribution in [0.15, 0.2) is 18.2 Å². The molecular weight excluding hydrogens is 139 g/mol. The molecule has 1 rings (SSSR count). The Morgan fingerprint density at radius 1 is 1.20 bits per heavy atom. The van der Waals surface area contributed by atoms with Gasteiger partial charge in [-0.25, -0.2) is 0 Å². The maximum Gasteiger partial charge on any atom is 0.140 e. The number of phenols is 1. The molecular formula is C6H8N2NaO. The molecule has 1 aromatic rings. The van der Waals surface area contributed by atoms with Crippen LogP contribution in [0.3, 0.4) is 0 Å². The molecule has 10 heavy (non-hydrogen) atoms. The zero-order valence-electron chi connectivity index (χ0n) is 5.83. The van der Waals surface area contributed by atoms with Crippen LogP contribution in [0.2, 0.25) is 0 Å². The SMILES string of the molecule is Nc1cccc(O)c1N.[Na]. The second-order valence-corrected chi connectivity index (χ2v) is 1.78. The van der Waals surface area contributed by atoms with Crippen molar-refractivity contribution in [3.8, 4) is 5.75 Å². The van der Waals surface area contributed by atoms with E-state index in [-0.39, 0.29) is 41.0 Å². The standard InChI is InChI=1S/C6H8N2O.Na/c7-4-2-1-3-5(9)6(4)8;/h1-3,9H,7-8H2;. The first-order chi connectivity index (χ1) is 4.22. The minimum atomic E-state index is 0. The summed E-state index contributed by atoms with van der Waals surface area (Å²) in [6, 6.07) is 4.77. The molecule has 0 aromatic heterocycles. The summed E-state index contributed by atoms with van der Waals surface area (Å²) in [4.78, 5) is 0. The monoisotopic (exact) mass is 147 g/mol. The van der Waals surface area contributed by atoms with Crippen LogP contribution in [0.5, 0.6) is 5.75 Å². The van der Waals surface area contributed by atoms with Crippen LogP contribution in [-0.4, -0.2) is 34.7 Å². The molecule has 0 fully saturated rings. The summed E-state index contributed by atoms with van der Waals surface area (Å²) in [6.45, 7) is 0. The van der Waals surface area contributed by atoms with E-state index >= 15 is 0 Å². The fourth-order valence-electron chi connectivity index (χ4n) is 0.570. The maximum atomic E-state index is 8.90. The van der Waals surface area contributed by atoms with Gasteiger partial charge in [0.1, 0.15) is 5.75 Å². The summed E-state index contributed by atoms with van der Waals surface area (Å²) in [5, 5.41) is 8.90. The third kappa shape index (κ3) is 1.80. The van der Waals surface area contributed by atoms with Gasteiger partial charge in [-0.15, -0.1) is 0 Å². The van der Waals surface area contributed by atoms with E-state index in [2.05, 4.69) is 0 Å². The Hall–Kier alpha value is -0.380. The van der Waals surface area contributed by atoms with Gasteiger partial charge in [-0.05, 0) is 12.1 Å². The van der Waals surface area contributed by atoms with E-state index in [9.17, 15) is 0 Å². The van der Waals surface area contributed by atoms with Crippen molar-refractivity contribution >= 4 is 40.9 Å². The minimum absolute atomic E-state index is 0. The Morgan fingerprint density at radius 3 is 2.20 bits per heavy atom. The number of benzene rings is 1. The maximum absolute atomic E-state index is 8.90. The van der Waals surface area contributed by atoms with Crippen LogP contribution in [0.25, 0.3) is 0 Å². The van der Waals surface area contributed by atoms with E-state index in [0.29, 0.717) is 5.69 Å². The molecule has 0 aliphatic rings. The average molecular weight is 147 g/mol. The molecule has 1 aromatic carbocycles. The zero-order chi connectivity index (χ0) is 6.85. The summed E-state index contributed by atoms with van der Waals surface area (Å²) in [6.07, 6.45) is 0. The van der Waals surface area contributed by atoms with E-state index in [0.717, 1.165) is 0 Å². The van der Waals surface area contributed by atoms with Crippen LogP contribution in [0.4, 0.5) is 11.4 Å². The number of aromatic hydroxyl groups is 1. The van der Waals surface area contributed by atoms with E-state index in [1.54, 1.807) is 12.1 Å². The number of para-hydroxylation sites is 1. The Labute approximate surface area is 81.3 Å². The summed E-state index contributed by atoms with van der Waals surface area (Å²) in [5.41, 5.74) is 11.3. The summed E-state index contributed by atoms with van der Waals surface area (Å²) in [7, 11) is 0. The molecule has 4 heteroatoms. The Morgan fingerprint density at radius 2 is 1.80 bits per heavy atom. The molecule has 49 valence electrons. The number of phenolic OH excluding ortho intramolecular Hbond substituents is 1. The Kier molecular flexibility index (Phi) is 3.57. The molecule has 0 amide bonds. The van der Waals surface area contributed by atoms with Crippen molar-refractivity contribution in [2.75, 3.05) is 11.5 Å². The van der Waals surface area contributed by atoms with Crippen LogP contribution in [-0.2, 0) is 0 Å². The van der Waals surface area contributed by atoms with Crippen LogP contribution < -0.4 is 11.5 Å². The molecule has 0 atom stereocenters. The van der Waals surface area contributed by atoms with Gasteiger partial charge >= 0.3 is 0 Å². The van der Waals surface area contributed by atoms with E-state index in [4.69, 9.17) is 16.6 Å². The second-order valence-electron chi connectivity index (χ2n) is 1.78. The molecule has 0 saturated heterocycles. The van der Waals surface area contributed by atoms with Gasteiger partial charge in [-0.3, -0.25) is 0 Å². The fraction of sp³-hybridized carbons (Fsp3) is 0. The first kappa shape index (κ1) is 9.62. The zero-order valence-corrected chi connectivity index (χ0v) is 7.83. The summed E-state index contributed by atoms with van der Waals surface area (Å²) < 4.78 is 0. The number of anilines is 2. The molecule has 3 nitrogen and oxygen atoms in total. The third-order valence-electron chi connectivity index (χ3n) is 1.12. The second kappa shape index (κ2) is 3.71. The average Bonchev–Trinajstić information content (AvgIpc) is 1.83. The normalized spacial score (nSPS) is 8.40. The number of nitrogen functional groups attached to an aromatic ring is 2. The van der Waals surface area contributed by atoms with Gasteiger partial charge in [0.2, 0.25) is 0 Å². The van der Waals surface area contributed by atoms with E-state index in [1.807, 2.05) is 0 Å². The fourth-order valence-corrected chi connectivity index (χ4v) is 0.570. The van der Waals surface area contributed by atoms with Gasteiger partial charge in [0.25, 0.3) is 0 Å². The predicted molar refractivity (Wildman–Crippen MR) is 42.7 cm³/mol. The van der Waals surface area contributed by atoms with Gasteiger partial charge in [-0.2, -0.15) is 0 Å². The number of hydrogen-bond donors (Lipinski definition) is 3. The van der Waals surface area contributed by atoms with Gasteiger partial charge in [-0.1, -0.05) is 6.07 Å². The van der Waals surface area contributed by atoms with E-state index in [1.165, 1.54) is 6.07 Å². The van der Waals surface area contributed by atoms with Crippen molar-refractivity contribution in [2.24, 2.45) is 0 Å². The molecule has 0 bridgehead atoms. The topological polar surface area (TPSA) is 72.3 Å². The third-order valence-corrected chi connectivity index (χ3v) is 1.12. The van der Waals surface area contributed by atoms with Gasteiger partial charge in [0.05, 0.1) is 11.4 Å². The van der Waals surface area contributed by atoms with Crippen molar-refractivity contribution in [1.82, 2.24) is 0 Å². The van der Waals surface area contributed by atoms with Crippen molar-refractivity contribution in [2.45, 2.75) is 0 Å². The predicted octanol–water partition coefficient (Wildman–Crippen LogP) is 0.176. The summed E-state index contributed by atoms with van der Waals surface area (Å²) in [5.74, 6) is 0.0370. The largest absolute Gasteiger partial charge is 0.506 e. The Bertz CT molecular complexity index is 207. The van der Waals surface area contributed by atoms with Gasteiger partial charge in [0, 0.05) is 29.6 Å². The van der Waals surface area contributed by atoms with E-state index < -0.39 is 0 Å². The molecule has 0 spiro atoms. The van der Waals surface area contributed by atoms with Crippen molar-refractivity contribution in [3.05, 3.63) is 18.2 Å². The van der Waals surface area contributed by atoms with Crippen LogP contribution in [0, 0.1) is 0 Å². The molecule has 0 aliphatic carbocycles. The van der Waals surface area contributed by atoms with Crippen molar-refractivity contribution in [3.63, 3.8) is 0 Å². The number of rotatable bonds is 0. The van der Waals surface area contributed by atoms with Gasteiger partial charge < -0.3 is 16.6 Å². The molecule has 0 aliphatic heterocycles. The number of nitrogens with two attached hydrogens (primary N) is 2. The molecule has 1 radical (unpaired) electrons. The first-order valence-corrected chi connectivity index (χ1v) is 2.54. The molecule has 0 saturated carbocycles. The summed E-state index contributed by atoms with van der Waals surface area (Å²) >= 11 is 0. The van der Waals surface area contributed by atoms with Crippen LogP contribution in [0.1, 0.15) is 0 Å². The van der Waals surface area contributed by atoms with Crippen molar-refractivity contribution < 1.29 is 5.11 Å².